The molecule has 0 amide bonds. The zero-order valence-electron chi connectivity index (χ0n) is 7.57. The summed E-state index contributed by atoms with van der Waals surface area (Å²) in [5.74, 6) is 0.776. The summed E-state index contributed by atoms with van der Waals surface area (Å²) < 4.78 is 7.17. The van der Waals surface area contributed by atoms with E-state index in [0.717, 1.165) is 18.0 Å². The molecular formula is C8H11N3OS. The van der Waals surface area contributed by atoms with Crippen LogP contribution in [0.3, 0.4) is 0 Å². The summed E-state index contributed by atoms with van der Waals surface area (Å²) in [6.07, 6.45) is 1.87. The second-order valence-electron chi connectivity index (χ2n) is 2.99. The van der Waals surface area contributed by atoms with E-state index in [1.165, 1.54) is 0 Å². The van der Waals surface area contributed by atoms with Gasteiger partial charge in [0.25, 0.3) is 5.17 Å². The highest BCUT2D eigenvalue weighted by atomic mass is 32.1. The molecular weight excluding hydrogens is 186 g/mol. The topological polar surface area (TPSA) is 39.1 Å². The van der Waals surface area contributed by atoms with Gasteiger partial charge < -0.3 is 10.1 Å². The van der Waals surface area contributed by atoms with Gasteiger partial charge in [0.1, 0.15) is 5.69 Å². The van der Waals surface area contributed by atoms with E-state index in [9.17, 15) is 0 Å². The number of nitrogens with zero attached hydrogens (tertiary/aromatic N) is 2. The molecule has 0 saturated carbocycles. The van der Waals surface area contributed by atoms with Gasteiger partial charge in [0, 0.05) is 6.54 Å². The number of thiocarbonyl (C=S) groups is 1. The van der Waals surface area contributed by atoms with Crippen molar-refractivity contribution in [1.29, 1.82) is 0 Å². The van der Waals surface area contributed by atoms with Crippen molar-refractivity contribution >= 4 is 17.4 Å². The molecule has 2 rings (SSSR count). The van der Waals surface area contributed by atoms with E-state index in [1.807, 2.05) is 24.7 Å². The fourth-order valence-corrected chi connectivity index (χ4v) is 1.60. The summed E-state index contributed by atoms with van der Waals surface area (Å²) in [5.41, 5.74) is 0.926. The van der Waals surface area contributed by atoms with Gasteiger partial charge in [0.15, 0.2) is 5.75 Å². The molecule has 5 heteroatoms. The Morgan fingerprint density at radius 2 is 2.54 bits per heavy atom. The predicted molar refractivity (Wildman–Crippen MR) is 52.7 cm³/mol. The lowest BCUT2D eigenvalue weighted by Crippen LogP contribution is -2.33. The van der Waals surface area contributed by atoms with Gasteiger partial charge in [-0.2, -0.15) is 5.10 Å². The molecule has 0 aromatic carbocycles. The Labute approximate surface area is 81.9 Å². The van der Waals surface area contributed by atoms with E-state index in [1.54, 1.807) is 0 Å². The third-order valence-corrected chi connectivity index (χ3v) is 2.23. The molecule has 0 bridgehead atoms. The molecule has 13 heavy (non-hydrogen) atoms. The number of hydrogen-bond acceptors (Lipinski definition) is 3. The number of ether oxygens (including phenoxy) is 1. The monoisotopic (exact) mass is 197 g/mol. The first-order valence-electron chi connectivity index (χ1n) is 4.26. The molecule has 1 aliphatic rings. The maximum Gasteiger partial charge on any atom is 0.262 e. The first kappa shape index (κ1) is 8.50. The fourth-order valence-electron chi connectivity index (χ4n) is 1.33. The van der Waals surface area contributed by atoms with Crippen molar-refractivity contribution in [3.63, 3.8) is 0 Å². The number of rotatable bonds is 1. The molecule has 0 saturated heterocycles. The molecule has 70 valence electrons. The highest BCUT2D eigenvalue weighted by Crippen LogP contribution is 2.27. The average molecular weight is 197 g/mol. The van der Waals surface area contributed by atoms with Crippen LogP contribution in [0, 0.1) is 0 Å². The maximum absolute atomic E-state index is 5.32. The van der Waals surface area contributed by atoms with Crippen molar-refractivity contribution in [1.82, 2.24) is 15.1 Å². The standard InChI is InChI=1S/C8H11N3OS/c1-3-11-4-6-7(10-11)5(2)9-8(13)12-6/h4-5H,3H2,1-2H3,(H,9,13). The van der Waals surface area contributed by atoms with Crippen molar-refractivity contribution in [2.45, 2.75) is 26.4 Å². The second kappa shape index (κ2) is 2.99. The SMILES string of the molecule is CCn1cc2c(n1)C(C)NC(=S)O2. The van der Waals surface area contributed by atoms with Crippen molar-refractivity contribution < 1.29 is 4.74 Å². The van der Waals surface area contributed by atoms with Crippen LogP contribution in [-0.4, -0.2) is 15.0 Å². The predicted octanol–water partition coefficient (Wildman–Crippen LogP) is 1.23. The summed E-state index contributed by atoms with van der Waals surface area (Å²) in [6, 6.07) is 0.143. The highest BCUT2D eigenvalue weighted by Gasteiger charge is 2.23. The Kier molecular flexibility index (Phi) is 1.95. The zero-order valence-corrected chi connectivity index (χ0v) is 8.39. The Morgan fingerprint density at radius 1 is 1.77 bits per heavy atom. The van der Waals surface area contributed by atoms with Crippen LogP contribution in [0.25, 0.3) is 0 Å². The van der Waals surface area contributed by atoms with Crippen molar-refractivity contribution in [2.24, 2.45) is 0 Å². The van der Waals surface area contributed by atoms with Gasteiger partial charge in [-0.15, -0.1) is 0 Å². The third-order valence-electron chi connectivity index (χ3n) is 2.03. The number of aryl methyl sites for hydroxylation is 1. The molecule has 0 aliphatic carbocycles. The lowest BCUT2D eigenvalue weighted by Gasteiger charge is -2.20. The zero-order chi connectivity index (χ0) is 9.42. The molecule has 1 aromatic rings. The molecule has 1 atom stereocenters. The first-order chi connectivity index (χ1) is 6.20. The van der Waals surface area contributed by atoms with Gasteiger partial charge in [-0.1, -0.05) is 0 Å². The van der Waals surface area contributed by atoms with Gasteiger partial charge in [-0.25, -0.2) is 0 Å². The molecule has 1 unspecified atom stereocenters. The molecule has 1 aliphatic heterocycles. The van der Waals surface area contributed by atoms with E-state index in [2.05, 4.69) is 10.4 Å². The van der Waals surface area contributed by atoms with Crippen LogP contribution < -0.4 is 10.1 Å². The molecule has 0 spiro atoms. The van der Waals surface area contributed by atoms with Crippen LogP contribution in [0.15, 0.2) is 6.20 Å². The summed E-state index contributed by atoms with van der Waals surface area (Å²) in [4.78, 5) is 0. The lowest BCUT2D eigenvalue weighted by molar-refractivity contribution is 0.463. The van der Waals surface area contributed by atoms with Crippen LogP contribution in [0.5, 0.6) is 5.75 Å². The molecule has 0 radical (unpaired) electrons. The van der Waals surface area contributed by atoms with Crippen LogP contribution in [0.1, 0.15) is 25.6 Å². The largest absolute Gasteiger partial charge is 0.428 e. The maximum atomic E-state index is 5.32. The second-order valence-corrected chi connectivity index (χ2v) is 3.36. The van der Waals surface area contributed by atoms with Crippen molar-refractivity contribution in [3.8, 4) is 5.75 Å². The Balaban J connectivity index is 2.40. The molecule has 2 heterocycles. The van der Waals surface area contributed by atoms with Gasteiger partial charge >= 0.3 is 0 Å². The third kappa shape index (κ3) is 1.39. The van der Waals surface area contributed by atoms with Crippen LogP contribution in [0.2, 0.25) is 0 Å². The average Bonchev–Trinajstić information content (AvgIpc) is 2.47. The summed E-state index contributed by atoms with van der Waals surface area (Å²) in [5, 5.41) is 7.79. The Bertz CT molecular complexity index is 347. The van der Waals surface area contributed by atoms with E-state index < -0.39 is 0 Å². The number of nitrogens with one attached hydrogen (secondary N) is 1. The fraction of sp³-hybridized carbons (Fsp3) is 0.500. The smallest absolute Gasteiger partial charge is 0.262 e. The quantitative estimate of drug-likeness (QED) is 0.687. The summed E-state index contributed by atoms with van der Waals surface area (Å²) in [6.45, 7) is 4.89. The van der Waals surface area contributed by atoms with E-state index in [0.29, 0.717) is 5.17 Å². The van der Waals surface area contributed by atoms with Gasteiger partial charge in [0.05, 0.1) is 12.2 Å². The number of aromatic nitrogens is 2. The molecule has 0 fully saturated rings. The summed E-state index contributed by atoms with van der Waals surface area (Å²) in [7, 11) is 0. The highest BCUT2D eigenvalue weighted by molar-refractivity contribution is 7.80. The minimum Gasteiger partial charge on any atom is -0.428 e. The minimum atomic E-state index is 0.143. The van der Waals surface area contributed by atoms with E-state index >= 15 is 0 Å². The van der Waals surface area contributed by atoms with Crippen LogP contribution in [0.4, 0.5) is 0 Å². The van der Waals surface area contributed by atoms with Crippen LogP contribution in [-0.2, 0) is 6.54 Å². The van der Waals surface area contributed by atoms with E-state index in [-0.39, 0.29) is 6.04 Å². The van der Waals surface area contributed by atoms with E-state index in [4.69, 9.17) is 17.0 Å². The van der Waals surface area contributed by atoms with Gasteiger partial charge in [0.2, 0.25) is 0 Å². The first-order valence-corrected chi connectivity index (χ1v) is 4.67. The number of fused-ring (bicyclic) bond motifs is 1. The lowest BCUT2D eigenvalue weighted by atomic mass is 10.2. The van der Waals surface area contributed by atoms with Crippen LogP contribution >= 0.6 is 12.2 Å². The summed E-state index contributed by atoms with van der Waals surface area (Å²) >= 11 is 4.93. The molecule has 4 nitrogen and oxygen atoms in total. The Hall–Kier alpha value is -1.10. The molecule has 1 aromatic heterocycles. The minimum absolute atomic E-state index is 0.143. The number of hydrogen-bond donors (Lipinski definition) is 1. The van der Waals surface area contributed by atoms with Crippen molar-refractivity contribution in [3.05, 3.63) is 11.9 Å². The van der Waals surface area contributed by atoms with Gasteiger partial charge in [-0.3, -0.25) is 4.68 Å². The van der Waals surface area contributed by atoms with Gasteiger partial charge in [-0.05, 0) is 26.1 Å². The Morgan fingerprint density at radius 3 is 3.23 bits per heavy atom. The van der Waals surface area contributed by atoms with Crippen molar-refractivity contribution in [2.75, 3.05) is 0 Å². The molecule has 1 N–H and O–H groups in total. The normalized spacial score (nSPS) is 20.5.